The molecule has 27 heavy (non-hydrogen) atoms. The lowest BCUT2D eigenvalue weighted by Gasteiger charge is -2.06. The second-order valence-corrected chi connectivity index (χ2v) is 5.16. The van der Waals surface area contributed by atoms with Gasteiger partial charge in [0.1, 0.15) is 5.75 Å². The van der Waals surface area contributed by atoms with Crippen LogP contribution in [0.15, 0.2) is 53.7 Å². The van der Waals surface area contributed by atoms with Gasteiger partial charge in [-0.15, -0.1) is 0 Å². The molecule has 2 amide bonds. The maximum absolute atomic E-state index is 12.1. The number of carbonyl (C=O) groups is 2. The summed E-state index contributed by atoms with van der Waals surface area (Å²) in [5.74, 6) is -0.694. The monoisotopic (exact) mass is 377 g/mol. The van der Waals surface area contributed by atoms with E-state index in [-0.39, 0.29) is 18.3 Å². The van der Waals surface area contributed by atoms with Crippen LogP contribution < -0.4 is 15.4 Å². The van der Waals surface area contributed by atoms with Gasteiger partial charge in [-0.1, -0.05) is 11.2 Å². The molecule has 0 aromatic heterocycles. The zero-order chi connectivity index (χ0) is 19.6. The highest BCUT2D eigenvalue weighted by Gasteiger charge is 2.07. The molecule has 2 aromatic carbocycles. The Labute approximate surface area is 154 Å². The van der Waals surface area contributed by atoms with Crippen molar-refractivity contribution in [3.05, 3.63) is 59.7 Å². The van der Waals surface area contributed by atoms with Gasteiger partial charge < -0.3 is 20.2 Å². The molecule has 2 N–H and O–H groups in total. The minimum absolute atomic E-state index is 0.0291. The smallest absolute Gasteiger partial charge is 0.387 e. The average molecular weight is 377 g/mol. The van der Waals surface area contributed by atoms with Crippen molar-refractivity contribution in [2.45, 2.75) is 6.61 Å². The van der Waals surface area contributed by atoms with Crippen molar-refractivity contribution in [2.75, 3.05) is 19.0 Å². The molecule has 0 radical (unpaired) electrons. The lowest BCUT2D eigenvalue weighted by molar-refractivity contribution is -0.120. The Balaban J connectivity index is 1.80. The zero-order valence-corrected chi connectivity index (χ0v) is 14.3. The zero-order valence-electron chi connectivity index (χ0n) is 14.3. The molecule has 2 rings (SSSR count). The highest BCUT2D eigenvalue weighted by Crippen LogP contribution is 2.14. The van der Waals surface area contributed by atoms with Crippen LogP contribution >= 0.6 is 0 Å². The fraction of sp³-hybridized carbons (Fsp3) is 0.167. The number of amides is 2. The van der Waals surface area contributed by atoms with Crippen LogP contribution in [0.1, 0.15) is 15.9 Å². The Hall–Kier alpha value is -3.49. The summed E-state index contributed by atoms with van der Waals surface area (Å²) < 4.78 is 28.3. The molecule has 0 saturated heterocycles. The van der Waals surface area contributed by atoms with Crippen molar-refractivity contribution < 1.29 is 27.9 Å². The van der Waals surface area contributed by atoms with Crippen LogP contribution in [0, 0.1) is 0 Å². The molecule has 0 heterocycles. The molecule has 0 fully saturated rings. The Kier molecular flexibility index (Phi) is 7.24. The highest BCUT2D eigenvalue weighted by atomic mass is 19.3. The molecular formula is C18H17F2N3O4. The fourth-order valence-corrected chi connectivity index (χ4v) is 2.01. The van der Waals surface area contributed by atoms with E-state index >= 15 is 0 Å². The van der Waals surface area contributed by atoms with Crippen LogP contribution in [0.25, 0.3) is 0 Å². The second-order valence-electron chi connectivity index (χ2n) is 5.16. The van der Waals surface area contributed by atoms with Gasteiger partial charge in [0.15, 0.2) is 6.61 Å². The molecule has 142 valence electrons. The summed E-state index contributed by atoms with van der Waals surface area (Å²) in [6.07, 6.45) is 1.33. The van der Waals surface area contributed by atoms with Crippen molar-refractivity contribution in [3.8, 4) is 5.75 Å². The molecule has 0 atom stereocenters. The molecule has 0 saturated carbocycles. The maximum atomic E-state index is 12.1. The predicted molar refractivity (Wildman–Crippen MR) is 95.1 cm³/mol. The highest BCUT2D eigenvalue weighted by molar-refractivity contribution is 5.97. The Morgan fingerprint density at radius 1 is 1.19 bits per heavy atom. The van der Waals surface area contributed by atoms with Gasteiger partial charge in [0, 0.05) is 18.3 Å². The van der Waals surface area contributed by atoms with E-state index < -0.39 is 12.5 Å². The Morgan fingerprint density at radius 2 is 1.93 bits per heavy atom. The third kappa shape index (κ3) is 6.73. The standard InChI is InChI=1S/C18H17F2N3O4/c1-21-17(25)13-3-2-4-14(9-13)23-16(24)11-26-22-10-12-5-7-15(8-6-12)27-18(19)20/h2-10,18H,11H2,1H3,(H,21,25)(H,23,24)/b22-10+. The second kappa shape index (κ2) is 9.85. The van der Waals surface area contributed by atoms with Gasteiger partial charge in [0.2, 0.25) is 0 Å². The number of alkyl halides is 2. The summed E-state index contributed by atoms with van der Waals surface area (Å²) in [5.41, 5.74) is 1.44. The van der Waals surface area contributed by atoms with Gasteiger partial charge in [-0.2, -0.15) is 8.78 Å². The first-order valence-electron chi connectivity index (χ1n) is 7.80. The van der Waals surface area contributed by atoms with Gasteiger partial charge in [0.25, 0.3) is 11.8 Å². The number of halogens is 2. The Bertz CT molecular complexity index is 811. The van der Waals surface area contributed by atoms with E-state index in [4.69, 9.17) is 4.84 Å². The molecule has 2 aromatic rings. The van der Waals surface area contributed by atoms with Crippen LogP contribution in [-0.4, -0.2) is 38.3 Å². The van der Waals surface area contributed by atoms with Crippen molar-refractivity contribution in [1.29, 1.82) is 0 Å². The minimum Gasteiger partial charge on any atom is -0.435 e. The number of hydrogen-bond donors (Lipinski definition) is 2. The summed E-state index contributed by atoms with van der Waals surface area (Å²) in [6, 6.07) is 12.2. The molecule has 0 aliphatic carbocycles. The molecular weight excluding hydrogens is 360 g/mol. The maximum Gasteiger partial charge on any atom is 0.387 e. The number of ether oxygens (including phenoxy) is 1. The van der Waals surface area contributed by atoms with E-state index in [2.05, 4.69) is 20.5 Å². The van der Waals surface area contributed by atoms with E-state index in [1.165, 1.54) is 43.6 Å². The molecule has 0 aliphatic heterocycles. The topological polar surface area (TPSA) is 89.0 Å². The molecule has 0 unspecified atom stereocenters. The van der Waals surface area contributed by atoms with E-state index in [9.17, 15) is 18.4 Å². The van der Waals surface area contributed by atoms with Crippen LogP contribution in [-0.2, 0) is 9.63 Å². The largest absolute Gasteiger partial charge is 0.435 e. The van der Waals surface area contributed by atoms with Gasteiger partial charge in [-0.3, -0.25) is 9.59 Å². The first-order chi connectivity index (χ1) is 13.0. The SMILES string of the molecule is CNC(=O)c1cccc(NC(=O)CO/N=C/c2ccc(OC(F)F)cc2)c1. The number of rotatable bonds is 8. The minimum atomic E-state index is -2.89. The lowest BCUT2D eigenvalue weighted by atomic mass is 10.2. The number of anilines is 1. The third-order valence-electron chi connectivity index (χ3n) is 3.21. The summed E-state index contributed by atoms with van der Waals surface area (Å²) in [5, 5.41) is 8.71. The number of nitrogens with zero attached hydrogens (tertiary/aromatic N) is 1. The van der Waals surface area contributed by atoms with E-state index in [1.54, 1.807) is 18.2 Å². The summed E-state index contributed by atoms with van der Waals surface area (Å²) in [7, 11) is 1.51. The first kappa shape index (κ1) is 19.8. The quantitative estimate of drug-likeness (QED) is 0.547. The van der Waals surface area contributed by atoms with Crippen LogP contribution in [0.4, 0.5) is 14.5 Å². The molecule has 9 heteroatoms. The number of oxime groups is 1. The van der Waals surface area contributed by atoms with E-state index in [0.29, 0.717) is 16.8 Å². The fourth-order valence-electron chi connectivity index (χ4n) is 2.01. The molecule has 0 bridgehead atoms. The van der Waals surface area contributed by atoms with Gasteiger partial charge in [0.05, 0.1) is 6.21 Å². The first-order valence-corrected chi connectivity index (χ1v) is 7.80. The number of nitrogens with one attached hydrogen (secondary N) is 2. The van der Waals surface area contributed by atoms with Crippen LogP contribution in [0.5, 0.6) is 5.75 Å². The van der Waals surface area contributed by atoms with Crippen molar-refractivity contribution in [3.63, 3.8) is 0 Å². The van der Waals surface area contributed by atoms with Gasteiger partial charge >= 0.3 is 6.61 Å². The van der Waals surface area contributed by atoms with Crippen molar-refractivity contribution in [2.24, 2.45) is 5.16 Å². The molecule has 0 spiro atoms. The predicted octanol–water partition coefficient (Wildman–Crippen LogP) is 2.64. The average Bonchev–Trinajstić information content (AvgIpc) is 2.65. The normalized spacial score (nSPS) is 10.7. The summed E-state index contributed by atoms with van der Waals surface area (Å²) >= 11 is 0. The number of carbonyl (C=O) groups excluding carboxylic acids is 2. The van der Waals surface area contributed by atoms with Crippen LogP contribution in [0.2, 0.25) is 0 Å². The van der Waals surface area contributed by atoms with Crippen LogP contribution in [0.3, 0.4) is 0 Å². The number of hydrogen-bond acceptors (Lipinski definition) is 5. The van der Waals surface area contributed by atoms with Gasteiger partial charge in [-0.25, -0.2) is 0 Å². The molecule has 7 nitrogen and oxygen atoms in total. The van der Waals surface area contributed by atoms with E-state index in [0.717, 1.165) is 0 Å². The Morgan fingerprint density at radius 3 is 2.59 bits per heavy atom. The van der Waals surface area contributed by atoms with E-state index in [1.807, 2.05) is 0 Å². The number of benzene rings is 2. The summed E-state index contributed by atoms with van der Waals surface area (Å²) in [6.45, 7) is -3.23. The summed E-state index contributed by atoms with van der Waals surface area (Å²) in [4.78, 5) is 28.3. The van der Waals surface area contributed by atoms with Crippen molar-refractivity contribution in [1.82, 2.24) is 5.32 Å². The third-order valence-corrected chi connectivity index (χ3v) is 3.21. The molecule has 0 aliphatic rings. The lowest BCUT2D eigenvalue weighted by Crippen LogP contribution is -2.19. The van der Waals surface area contributed by atoms with Crippen molar-refractivity contribution >= 4 is 23.7 Å². The van der Waals surface area contributed by atoms with Gasteiger partial charge in [-0.05, 0) is 48.0 Å².